The fraction of sp³-hybridized carbons (Fsp3) is 0.240. The first-order valence-electron chi connectivity index (χ1n) is 10.8. The van der Waals surface area contributed by atoms with Crippen LogP contribution in [0.25, 0.3) is 11.1 Å². The topological polar surface area (TPSA) is 114 Å². The zero-order valence-electron chi connectivity index (χ0n) is 19.4. The quantitative estimate of drug-likeness (QED) is 0.361. The molecule has 1 heterocycles. The average molecular weight is 536 g/mol. The predicted octanol–water partition coefficient (Wildman–Crippen LogP) is 5.33. The van der Waals surface area contributed by atoms with E-state index in [0.717, 1.165) is 0 Å². The Morgan fingerprint density at radius 1 is 1.19 bits per heavy atom. The van der Waals surface area contributed by atoms with Gasteiger partial charge in [-0.3, -0.25) is 9.53 Å². The number of pyridine rings is 1. The molecule has 2 aromatic carbocycles. The fourth-order valence-corrected chi connectivity index (χ4v) is 3.81. The number of carboxylic acid groups (broad SMARTS) is 1. The van der Waals surface area contributed by atoms with Crippen LogP contribution in [0.3, 0.4) is 0 Å². The zero-order valence-corrected chi connectivity index (χ0v) is 20.1. The molecule has 0 saturated carbocycles. The summed E-state index contributed by atoms with van der Waals surface area (Å²) >= 11 is 6.08. The summed E-state index contributed by atoms with van der Waals surface area (Å²) in [6, 6.07) is 12.7. The van der Waals surface area contributed by atoms with Gasteiger partial charge in [-0.25, -0.2) is 4.79 Å². The molecule has 0 aliphatic heterocycles. The summed E-state index contributed by atoms with van der Waals surface area (Å²) in [5.41, 5.74) is 0.923. The van der Waals surface area contributed by atoms with Crippen LogP contribution < -0.4 is 15.6 Å². The van der Waals surface area contributed by atoms with Crippen molar-refractivity contribution < 1.29 is 32.5 Å². The van der Waals surface area contributed by atoms with Crippen molar-refractivity contribution in [2.45, 2.75) is 18.8 Å². The highest BCUT2D eigenvalue weighted by atomic mass is 35.5. The van der Waals surface area contributed by atoms with Crippen LogP contribution in [0.1, 0.15) is 28.4 Å². The molecule has 0 bridgehead atoms. The molecule has 1 unspecified atom stereocenters. The van der Waals surface area contributed by atoms with Gasteiger partial charge >= 0.3 is 12.3 Å². The number of aromatic carboxylic acids is 1. The Balaban J connectivity index is 1.96. The maximum absolute atomic E-state index is 13.1. The molecule has 0 saturated heterocycles. The number of hydrogen-bond acceptors (Lipinski definition) is 6. The summed E-state index contributed by atoms with van der Waals surface area (Å²) in [5, 5.41) is 21.8. The Morgan fingerprint density at radius 2 is 1.89 bits per heavy atom. The van der Waals surface area contributed by atoms with Gasteiger partial charge in [0, 0.05) is 34.4 Å². The van der Waals surface area contributed by atoms with Crippen LogP contribution in [0, 0.1) is 11.3 Å². The van der Waals surface area contributed by atoms with Gasteiger partial charge in [0.05, 0.1) is 43.2 Å². The number of hydrogen-bond donors (Lipinski definition) is 2. The number of nitrogens with zero attached hydrogens (tertiary/aromatic N) is 2. The van der Waals surface area contributed by atoms with Crippen LogP contribution in [0.5, 0.6) is 5.75 Å². The van der Waals surface area contributed by atoms with Crippen LogP contribution in [-0.2, 0) is 4.74 Å². The van der Waals surface area contributed by atoms with Crippen LogP contribution in [0.2, 0.25) is 5.02 Å². The van der Waals surface area contributed by atoms with Crippen molar-refractivity contribution in [2.75, 3.05) is 25.6 Å². The standard InChI is InChI=1S/C25H21ClF3N3O5/c1-36-22-14-32(23(33)11-21(22)20-10-17(26)5-2-16(20)12-30)19(8-9-37-25(27,28)29)13-31-18-6-3-15(4-7-18)24(34)35/h2-7,10-11,14,19,31H,8-9,13H2,1H3,(H,34,35). The number of carboxylic acids is 1. The normalized spacial score (nSPS) is 12.0. The minimum absolute atomic E-state index is 0.0106. The van der Waals surface area contributed by atoms with E-state index in [2.05, 4.69) is 10.1 Å². The van der Waals surface area contributed by atoms with Crippen molar-refractivity contribution in [3.05, 3.63) is 81.2 Å². The second-order valence-electron chi connectivity index (χ2n) is 7.80. The van der Waals surface area contributed by atoms with Gasteiger partial charge in [0.2, 0.25) is 0 Å². The molecule has 0 spiro atoms. The Labute approximate surface area is 214 Å². The first-order chi connectivity index (χ1) is 17.5. The SMILES string of the molecule is COc1cn(C(CCOC(F)(F)F)CNc2ccc(C(=O)O)cc2)c(=O)cc1-c1cc(Cl)ccc1C#N. The van der Waals surface area contributed by atoms with Crippen molar-refractivity contribution in [1.82, 2.24) is 4.57 Å². The van der Waals surface area contributed by atoms with Crippen LogP contribution in [-0.4, -0.2) is 42.3 Å². The summed E-state index contributed by atoms with van der Waals surface area (Å²) in [7, 11) is 1.36. The lowest BCUT2D eigenvalue weighted by Gasteiger charge is -2.23. The molecule has 0 radical (unpaired) electrons. The van der Waals surface area contributed by atoms with Crippen LogP contribution in [0.4, 0.5) is 18.9 Å². The number of rotatable bonds is 10. The molecule has 3 rings (SSSR count). The maximum atomic E-state index is 13.1. The molecule has 12 heteroatoms. The van der Waals surface area contributed by atoms with Crippen LogP contribution >= 0.6 is 11.6 Å². The third-order valence-corrected chi connectivity index (χ3v) is 5.68. The summed E-state index contributed by atoms with van der Waals surface area (Å²) in [4.78, 5) is 24.2. The summed E-state index contributed by atoms with van der Waals surface area (Å²) in [6.45, 7) is -0.701. The molecule has 1 atom stereocenters. The molecule has 8 nitrogen and oxygen atoms in total. The Bertz CT molecular complexity index is 1370. The predicted molar refractivity (Wildman–Crippen MR) is 130 cm³/mol. The average Bonchev–Trinajstić information content (AvgIpc) is 2.85. The minimum Gasteiger partial charge on any atom is -0.495 e. The number of nitrogens with one attached hydrogen (secondary N) is 1. The van der Waals surface area contributed by atoms with E-state index in [1.165, 1.54) is 66.4 Å². The number of aromatic nitrogens is 1. The van der Waals surface area contributed by atoms with Gasteiger partial charge in [-0.1, -0.05) is 11.6 Å². The number of methoxy groups -OCH3 is 1. The van der Waals surface area contributed by atoms with E-state index in [0.29, 0.717) is 21.8 Å². The number of carbonyl (C=O) groups is 1. The molecule has 194 valence electrons. The summed E-state index contributed by atoms with van der Waals surface area (Å²) < 4.78 is 48.4. The van der Waals surface area contributed by atoms with E-state index >= 15 is 0 Å². The third-order valence-electron chi connectivity index (χ3n) is 5.44. The second kappa shape index (κ2) is 11.8. The highest BCUT2D eigenvalue weighted by molar-refractivity contribution is 6.31. The van der Waals surface area contributed by atoms with Gasteiger partial charge in [0.25, 0.3) is 5.56 Å². The van der Waals surface area contributed by atoms with E-state index in [1.807, 2.05) is 6.07 Å². The molecule has 0 fully saturated rings. The number of alkyl halides is 3. The largest absolute Gasteiger partial charge is 0.522 e. The third kappa shape index (κ3) is 7.25. The van der Waals surface area contributed by atoms with Gasteiger partial charge in [0.1, 0.15) is 5.75 Å². The molecule has 0 amide bonds. The van der Waals surface area contributed by atoms with Crippen molar-refractivity contribution in [1.29, 1.82) is 5.26 Å². The van der Waals surface area contributed by atoms with Gasteiger partial charge in [-0.05, 0) is 48.9 Å². The first-order valence-corrected chi connectivity index (χ1v) is 11.2. The number of ether oxygens (including phenoxy) is 2. The zero-order chi connectivity index (χ0) is 27.2. The van der Waals surface area contributed by atoms with E-state index in [1.54, 1.807) is 0 Å². The van der Waals surface area contributed by atoms with Crippen molar-refractivity contribution >= 4 is 23.3 Å². The Morgan fingerprint density at radius 3 is 2.49 bits per heavy atom. The summed E-state index contributed by atoms with van der Waals surface area (Å²) in [6.07, 6.45) is -3.67. The van der Waals surface area contributed by atoms with E-state index < -0.39 is 30.5 Å². The van der Waals surface area contributed by atoms with Crippen molar-refractivity contribution in [3.63, 3.8) is 0 Å². The smallest absolute Gasteiger partial charge is 0.495 e. The Kier molecular flexibility index (Phi) is 8.81. The van der Waals surface area contributed by atoms with Gasteiger partial charge in [-0.15, -0.1) is 13.2 Å². The van der Waals surface area contributed by atoms with Crippen LogP contribution in [0.15, 0.2) is 59.5 Å². The summed E-state index contributed by atoms with van der Waals surface area (Å²) in [5.74, 6) is -0.905. The molecule has 0 aliphatic rings. The minimum atomic E-state index is -4.84. The van der Waals surface area contributed by atoms with E-state index in [4.69, 9.17) is 21.4 Å². The van der Waals surface area contributed by atoms with E-state index in [-0.39, 0.29) is 29.8 Å². The number of benzene rings is 2. The molecule has 2 N–H and O–H groups in total. The lowest BCUT2D eigenvalue weighted by atomic mass is 10.00. The van der Waals surface area contributed by atoms with Crippen molar-refractivity contribution in [2.24, 2.45) is 0 Å². The molecule has 37 heavy (non-hydrogen) atoms. The Hall–Kier alpha value is -4.01. The number of nitriles is 1. The number of halogens is 4. The first kappa shape index (κ1) is 27.6. The molecule has 0 aliphatic carbocycles. The van der Waals surface area contributed by atoms with E-state index in [9.17, 15) is 28.0 Å². The fourth-order valence-electron chi connectivity index (χ4n) is 3.64. The highest BCUT2D eigenvalue weighted by Gasteiger charge is 2.29. The lowest BCUT2D eigenvalue weighted by molar-refractivity contribution is -0.325. The lowest BCUT2D eigenvalue weighted by Crippen LogP contribution is -2.30. The number of anilines is 1. The molecule has 3 aromatic rings. The van der Waals surface area contributed by atoms with Gasteiger partial charge in [-0.2, -0.15) is 5.26 Å². The molecular formula is C25H21ClF3N3O5. The monoisotopic (exact) mass is 535 g/mol. The van der Waals surface area contributed by atoms with Gasteiger partial charge in [0.15, 0.2) is 0 Å². The molecular weight excluding hydrogens is 515 g/mol. The molecule has 1 aromatic heterocycles. The highest BCUT2D eigenvalue weighted by Crippen LogP contribution is 2.33. The second-order valence-corrected chi connectivity index (χ2v) is 8.24. The van der Waals surface area contributed by atoms with Crippen molar-refractivity contribution in [3.8, 4) is 22.9 Å². The maximum Gasteiger partial charge on any atom is 0.522 e. The van der Waals surface area contributed by atoms with Gasteiger partial charge < -0.3 is 19.7 Å².